The van der Waals surface area contributed by atoms with Crippen molar-refractivity contribution in [3.63, 3.8) is 0 Å². The Morgan fingerprint density at radius 2 is 2.11 bits per heavy atom. The van der Waals surface area contributed by atoms with E-state index >= 15 is 0 Å². The standard InChI is InChI=1S/C14H14N4O/c1-10(11-5-3-2-4-6-11)8-18-13-12(7-17-18)14(19)16-9-15-13/h2-7,9-10H,8H2,1H3,(H,15,16,19). The molecule has 1 aromatic carbocycles. The minimum atomic E-state index is -0.149. The lowest BCUT2D eigenvalue weighted by Crippen LogP contribution is -2.10. The summed E-state index contributed by atoms with van der Waals surface area (Å²) in [5, 5.41) is 4.79. The number of aromatic amines is 1. The first-order valence-electron chi connectivity index (χ1n) is 6.20. The summed E-state index contributed by atoms with van der Waals surface area (Å²) in [5.41, 5.74) is 1.73. The van der Waals surface area contributed by atoms with Gasteiger partial charge in [0, 0.05) is 12.5 Å². The van der Waals surface area contributed by atoms with E-state index in [2.05, 4.69) is 34.1 Å². The Hall–Kier alpha value is -2.43. The van der Waals surface area contributed by atoms with Gasteiger partial charge in [-0.1, -0.05) is 37.3 Å². The van der Waals surface area contributed by atoms with Crippen LogP contribution in [0.1, 0.15) is 18.4 Å². The van der Waals surface area contributed by atoms with Gasteiger partial charge in [0.25, 0.3) is 5.56 Å². The molecule has 0 aliphatic carbocycles. The van der Waals surface area contributed by atoms with Crippen molar-refractivity contribution < 1.29 is 0 Å². The fourth-order valence-corrected chi connectivity index (χ4v) is 2.19. The zero-order valence-electron chi connectivity index (χ0n) is 10.6. The van der Waals surface area contributed by atoms with Crippen LogP contribution >= 0.6 is 0 Å². The quantitative estimate of drug-likeness (QED) is 0.776. The molecule has 2 heterocycles. The molecule has 1 atom stereocenters. The van der Waals surface area contributed by atoms with E-state index in [0.29, 0.717) is 23.5 Å². The number of rotatable bonds is 3. The zero-order chi connectivity index (χ0) is 13.2. The molecule has 0 saturated heterocycles. The van der Waals surface area contributed by atoms with Crippen LogP contribution in [0.2, 0.25) is 0 Å². The Balaban J connectivity index is 1.94. The first-order chi connectivity index (χ1) is 9.25. The van der Waals surface area contributed by atoms with Crippen LogP contribution in [-0.2, 0) is 6.54 Å². The monoisotopic (exact) mass is 254 g/mol. The number of H-pyrrole nitrogens is 1. The minimum absolute atomic E-state index is 0.149. The van der Waals surface area contributed by atoms with E-state index in [-0.39, 0.29) is 5.56 Å². The molecule has 3 aromatic rings. The average molecular weight is 254 g/mol. The fraction of sp³-hybridized carbons (Fsp3) is 0.214. The van der Waals surface area contributed by atoms with Crippen molar-refractivity contribution in [1.29, 1.82) is 0 Å². The first kappa shape index (κ1) is 11.6. The molecule has 0 aliphatic heterocycles. The highest BCUT2D eigenvalue weighted by molar-refractivity contribution is 5.72. The van der Waals surface area contributed by atoms with Crippen molar-refractivity contribution >= 4 is 11.0 Å². The molecule has 0 fully saturated rings. The lowest BCUT2D eigenvalue weighted by molar-refractivity contribution is 0.554. The van der Waals surface area contributed by atoms with Gasteiger partial charge in [-0.3, -0.25) is 4.79 Å². The summed E-state index contributed by atoms with van der Waals surface area (Å²) >= 11 is 0. The van der Waals surface area contributed by atoms with Crippen molar-refractivity contribution in [1.82, 2.24) is 19.7 Å². The van der Waals surface area contributed by atoms with Gasteiger partial charge in [-0.2, -0.15) is 5.10 Å². The molecule has 3 rings (SSSR count). The molecule has 1 N–H and O–H groups in total. The third-order valence-electron chi connectivity index (χ3n) is 3.25. The molecular formula is C14H14N4O. The number of hydrogen-bond acceptors (Lipinski definition) is 3. The highest BCUT2D eigenvalue weighted by Crippen LogP contribution is 2.18. The Morgan fingerprint density at radius 3 is 2.89 bits per heavy atom. The second-order valence-electron chi connectivity index (χ2n) is 4.61. The Kier molecular flexibility index (Phi) is 2.87. The molecule has 0 radical (unpaired) electrons. The van der Waals surface area contributed by atoms with Crippen LogP contribution in [0.4, 0.5) is 0 Å². The van der Waals surface area contributed by atoms with Crippen molar-refractivity contribution in [2.45, 2.75) is 19.4 Å². The summed E-state index contributed by atoms with van der Waals surface area (Å²) in [7, 11) is 0. The average Bonchev–Trinajstić information content (AvgIpc) is 2.84. The predicted molar refractivity (Wildman–Crippen MR) is 73.0 cm³/mol. The molecule has 96 valence electrons. The number of benzene rings is 1. The Labute approximate surface area is 109 Å². The van der Waals surface area contributed by atoms with Gasteiger partial charge in [0.2, 0.25) is 0 Å². The number of nitrogens with zero attached hydrogens (tertiary/aromatic N) is 3. The van der Waals surface area contributed by atoms with Crippen LogP contribution in [0.25, 0.3) is 11.0 Å². The van der Waals surface area contributed by atoms with Gasteiger partial charge in [0.05, 0.1) is 12.5 Å². The van der Waals surface area contributed by atoms with Gasteiger partial charge in [0.1, 0.15) is 5.39 Å². The summed E-state index contributed by atoms with van der Waals surface area (Å²) in [6, 6.07) is 10.2. The number of fused-ring (bicyclic) bond motifs is 1. The van der Waals surface area contributed by atoms with E-state index in [1.54, 1.807) is 10.9 Å². The van der Waals surface area contributed by atoms with Crippen molar-refractivity contribution in [2.75, 3.05) is 0 Å². The van der Waals surface area contributed by atoms with Gasteiger partial charge in [-0.25, -0.2) is 9.67 Å². The van der Waals surface area contributed by atoms with Gasteiger partial charge >= 0.3 is 0 Å². The third kappa shape index (κ3) is 2.14. The maximum Gasteiger partial charge on any atom is 0.261 e. The first-order valence-corrected chi connectivity index (χ1v) is 6.20. The van der Waals surface area contributed by atoms with Crippen LogP contribution in [0.5, 0.6) is 0 Å². The fourth-order valence-electron chi connectivity index (χ4n) is 2.19. The molecular weight excluding hydrogens is 240 g/mol. The van der Waals surface area contributed by atoms with E-state index in [4.69, 9.17) is 0 Å². The van der Waals surface area contributed by atoms with Crippen LogP contribution in [-0.4, -0.2) is 19.7 Å². The maximum atomic E-state index is 11.6. The molecule has 0 aliphatic rings. The van der Waals surface area contributed by atoms with Crippen molar-refractivity contribution in [3.05, 3.63) is 58.8 Å². The summed E-state index contributed by atoms with van der Waals surface area (Å²) in [4.78, 5) is 18.3. The summed E-state index contributed by atoms with van der Waals surface area (Å²) in [5.74, 6) is 0.311. The van der Waals surface area contributed by atoms with Gasteiger partial charge in [0.15, 0.2) is 5.65 Å². The highest BCUT2D eigenvalue weighted by Gasteiger charge is 2.11. The van der Waals surface area contributed by atoms with E-state index in [1.165, 1.54) is 11.9 Å². The van der Waals surface area contributed by atoms with Crippen LogP contribution in [0, 0.1) is 0 Å². The van der Waals surface area contributed by atoms with Gasteiger partial charge in [-0.05, 0) is 5.56 Å². The zero-order valence-corrected chi connectivity index (χ0v) is 10.6. The summed E-state index contributed by atoms with van der Waals surface area (Å²) < 4.78 is 1.78. The molecule has 0 saturated carbocycles. The van der Waals surface area contributed by atoms with E-state index in [1.807, 2.05) is 18.2 Å². The van der Waals surface area contributed by atoms with Crippen LogP contribution in [0.15, 0.2) is 47.7 Å². The minimum Gasteiger partial charge on any atom is -0.312 e. The smallest absolute Gasteiger partial charge is 0.261 e. The summed E-state index contributed by atoms with van der Waals surface area (Å²) in [6.45, 7) is 2.83. The molecule has 5 nitrogen and oxygen atoms in total. The molecule has 2 aromatic heterocycles. The number of hydrogen-bond donors (Lipinski definition) is 1. The Bertz CT molecular complexity index is 745. The Morgan fingerprint density at radius 1 is 1.32 bits per heavy atom. The third-order valence-corrected chi connectivity index (χ3v) is 3.25. The molecule has 19 heavy (non-hydrogen) atoms. The van der Waals surface area contributed by atoms with Crippen molar-refractivity contribution in [3.8, 4) is 0 Å². The molecule has 0 bridgehead atoms. The topological polar surface area (TPSA) is 63.6 Å². The predicted octanol–water partition coefficient (Wildman–Crippen LogP) is 1.92. The lowest BCUT2D eigenvalue weighted by atomic mass is 10.0. The normalized spacial score (nSPS) is 12.7. The number of aromatic nitrogens is 4. The van der Waals surface area contributed by atoms with Gasteiger partial charge < -0.3 is 4.98 Å². The van der Waals surface area contributed by atoms with Gasteiger partial charge in [-0.15, -0.1) is 0 Å². The number of nitrogens with one attached hydrogen (secondary N) is 1. The molecule has 5 heteroatoms. The van der Waals surface area contributed by atoms with Crippen molar-refractivity contribution in [2.24, 2.45) is 0 Å². The molecule has 0 spiro atoms. The van der Waals surface area contributed by atoms with E-state index < -0.39 is 0 Å². The summed E-state index contributed by atoms with van der Waals surface area (Å²) in [6.07, 6.45) is 2.98. The molecule has 1 unspecified atom stereocenters. The maximum absolute atomic E-state index is 11.6. The van der Waals surface area contributed by atoms with E-state index in [0.717, 1.165) is 0 Å². The second-order valence-corrected chi connectivity index (χ2v) is 4.61. The lowest BCUT2D eigenvalue weighted by Gasteiger charge is -2.12. The van der Waals surface area contributed by atoms with E-state index in [9.17, 15) is 4.79 Å². The van der Waals surface area contributed by atoms with Crippen LogP contribution < -0.4 is 5.56 Å². The largest absolute Gasteiger partial charge is 0.312 e. The highest BCUT2D eigenvalue weighted by atomic mass is 16.1. The molecule has 0 amide bonds. The SMILES string of the molecule is CC(Cn1ncc2c(=O)[nH]cnc21)c1ccccc1. The van der Waals surface area contributed by atoms with Crippen LogP contribution in [0.3, 0.4) is 0 Å². The second kappa shape index (κ2) is 4.68.